The van der Waals surface area contributed by atoms with Crippen LogP contribution in [-0.2, 0) is 4.79 Å². The lowest BCUT2D eigenvalue weighted by molar-refractivity contribution is -0.104. The molecule has 0 heterocycles. The van der Waals surface area contributed by atoms with E-state index in [2.05, 4.69) is 0 Å². The Hall–Kier alpha value is -0.760. The molecule has 0 fully saturated rings. The van der Waals surface area contributed by atoms with Crippen molar-refractivity contribution in [1.29, 1.82) is 0 Å². The molecular formula is C7H10ClNO. The van der Waals surface area contributed by atoms with E-state index in [1.807, 2.05) is 14.1 Å². The van der Waals surface area contributed by atoms with Crippen LogP contribution < -0.4 is 0 Å². The molecule has 0 aliphatic heterocycles. The smallest absolute Gasteiger partial charge is 0.142 e. The van der Waals surface area contributed by atoms with Gasteiger partial charge in [-0.25, -0.2) is 0 Å². The van der Waals surface area contributed by atoms with Crippen LogP contribution in [0.3, 0.4) is 0 Å². The lowest BCUT2D eigenvalue weighted by Crippen LogP contribution is -2.05. The summed E-state index contributed by atoms with van der Waals surface area (Å²) in [6.45, 7) is 0. The molecular weight excluding hydrogens is 150 g/mol. The summed E-state index contributed by atoms with van der Waals surface area (Å²) >= 11 is 5.67. The van der Waals surface area contributed by atoms with E-state index in [0.29, 0.717) is 11.4 Å². The van der Waals surface area contributed by atoms with Crippen LogP contribution in [0, 0.1) is 0 Å². The minimum absolute atomic E-state index is 0.595. The molecule has 0 radical (unpaired) electrons. The van der Waals surface area contributed by atoms with Crippen molar-refractivity contribution in [2.24, 2.45) is 0 Å². The zero-order valence-corrected chi connectivity index (χ0v) is 6.80. The van der Waals surface area contributed by atoms with E-state index < -0.39 is 0 Å². The molecule has 0 unspecified atom stereocenters. The number of nitrogens with zero attached hydrogens (tertiary/aromatic N) is 1. The number of aldehydes is 1. The minimum Gasteiger partial charge on any atom is -0.368 e. The zero-order chi connectivity index (χ0) is 7.98. The van der Waals surface area contributed by atoms with Gasteiger partial charge in [0.25, 0.3) is 0 Å². The number of allylic oxidation sites excluding steroid dienone is 3. The average molecular weight is 160 g/mol. The van der Waals surface area contributed by atoms with Crippen LogP contribution in [0.2, 0.25) is 0 Å². The first-order valence-corrected chi connectivity index (χ1v) is 3.21. The Morgan fingerprint density at radius 1 is 1.40 bits per heavy atom. The fourth-order valence-electron chi connectivity index (χ4n) is 0.329. The monoisotopic (exact) mass is 159 g/mol. The third kappa shape index (κ3) is 4.15. The molecule has 0 aromatic heterocycles. The summed E-state index contributed by atoms with van der Waals surface area (Å²) in [7, 11) is 3.65. The Kier molecular flexibility index (Phi) is 4.67. The maximum absolute atomic E-state index is 9.78. The summed E-state index contributed by atoms with van der Waals surface area (Å²) in [6, 6.07) is 0. The maximum Gasteiger partial charge on any atom is 0.142 e. The summed E-state index contributed by atoms with van der Waals surface area (Å²) in [5, 5.41) is 0.595. The molecule has 0 aromatic rings. The van der Waals surface area contributed by atoms with Crippen LogP contribution in [0.1, 0.15) is 0 Å². The Morgan fingerprint density at radius 2 is 2.00 bits per heavy atom. The first-order chi connectivity index (χ1) is 4.68. The standard InChI is InChI=1S/C7H10ClNO/c1-9(2)7(8)5-3-4-6-10/h3-6H,1-2H3/b4-3+,7-5+. The molecule has 56 valence electrons. The summed E-state index contributed by atoms with van der Waals surface area (Å²) in [4.78, 5) is 11.5. The molecule has 0 aliphatic rings. The second-order valence-corrected chi connectivity index (χ2v) is 2.29. The molecule has 0 rings (SSSR count). The van der Waals surface area contributed by atoms with Crippen molar-refractivity contribution in [3.63, 3.8) is 0 Å². The van der Waals surface area contributed by atoms with E-state index >= 15 is 0 Å². The molecule has 0 aliphatic carbocycles. The number of carbonyl (C=O) groups excluding carboxylic acids is 1. The van der Waals surface area contributed by atoms with E-state index in [9.17, 15) is 4.79 Å². The lowest BCUT2D eigenvalue weighted by atomic mass is 10.5. The van der Waals surface area contributed by atoms with Crippen molar-refractivity contribution >= 4 is 17.9 Å². The molecule has 0 amide bonds. The molecule has 0 bridgehead atoms. The fraction of sp³-hybridized carbons (Fsp3) is 0.286. The number of rotatable bonds is 3. The predicted octanol–water partition coefficient (Wildman–Crippen LogP) is 1.38. The highest BCUT2D eigenvalue weighted by molar-refractivity contribution is 6.29. The van der Waals surface area contributed by atoms with E-state index in [1.165, 1.54) is 6.08 Å². The largest absolute Gasteiger partial charge is 0.368 e. The van der Waals surface area contributed by atoms with Crippen molar-refractivity contribution in [2.45, 2.75) is 0 Å². The number of hydrogen-bond acceptors (Lipinski definition) is 2. The van der Waals surface area contributed by atoms with E-state index in [4.69, 9.17) is 11.6 Å². The highest BCUT2D eigenvalue weighted by atomic mass is 35.5. The van der Waals surface area contributed by atoms with Gasteiger partial charge in [0.2, 0.25) is 0 Å². The van der Waals surface area contributed by atoms with Gasteiger partial charge in [-0.05, 0) is 12.2 Å². The normalized spacial score (nSPS) is 12.1. The third-order valence-electron chi connectivity index (χ3n) is 0.851. The Bertz CT molecular complexity index is 161. The first-order valence-electron chi connectivity index (χ1n) is 2.83. The predicted molar refractivity (Wildman–Crippen MR) is 42.8 cm³/mol. The van der Waals surface area contributed by atoms with Gasteiger partial charge < -0.3 is 4.90 Å². The quantitative estimate of drug-likeness (QED) is 0.269. The van der Waals surface area contributed by atoms with Crippen LogP contribution in [0.25, 0.3) is 0 Å². The number of halogens is 1. The summed E-state index contributed by atoms with van der Waals surface area (Å²) < 4.78 is 0. The van der Waals surface area contributed by atoms with Gasteiger partial charge >= 0.3 is 0 Å². The number of carbonyl (C=O) groups is 1. The molecule has 0 saturated heterocycles. The summed E-state index contributed by atoms with van der Waals surface area (Å²) in [6.07, 6.45) is 5.33. The van der Waals surface area contributed by atoms with Gasteiger partial charge in [-0.3, -0.25) is 4.79 Å². The van der Waals surface area contributed by atoms with Gasteiger partial charge in [-0.1, -0.05) is 17.7 Å². The van der Waals surface area contributed by atoms with Gasteiger partial charge in [0.05, 0.1) is 0 Å². The minimum atomic E-state index is 0.595. The van der Waals surface area contributed by atoms with Crippen molar-refractivity contribution in [3.8, 4) is 0 Å². The van der Waals surface area contributed by atoms with E-state index in [1.54, 1.807) is 17.1 Å². The van der Waals surface area contributed by atoms with Crippen LogP contribution in [0.15, 0.2) is 23.4 Å². The fourth-order valence-corrected chi connectivity index (χ4v) is 0.402. The van der Waals surface area contributed by atoms with Crippen LogP contribution in [0.4, 0.5) is 0 Å². The Morgan fingerprint density at radius 3 is 2.40 bits per heavy atom. The highest BCUT2D eigenvalue weighted by Gasteiger charge is 1.88. The molecule has 0 saturated carbocycles. The van der Waals surface area contributed by atoms with Crippen molar-refractivity contribution in [3.05, 3.63) is 23.4 Å². The molecule has 0 atom stereocenters. The Balaban J connectivity index is 3.91. The average Bonchev–Trinajstić information content (AvgIpc) is 1.88. The lowest BCUT2D eigenvalue weighted by Gasteiger charge is -2.07. The topological polar surface area (TPSA) is 20.3 Å². The van der Waals surface area contributed by atoms with Gasteiger partial charge in [-0.15, -0.1) is 0 Å². The number of hydrogen-bond donors (Lipinski definition) is 0. The zero-order valence-electron chi connectivity index (χ0n) is 6.04. The first kappa shape index (κ1) is 9.24. The molecule has 0 N–H and O–H groups in total. The highest BCUT2D eigenvalue weighted by Crippen LogP contribution is 2.02. The van der Waals surface area contributed by atoms with E-state index in [0.717, 1.165) is 0 Å². The van der Waals surface area contributed by atoms with Crippen LogP contribution in [0.5, 0.6) is 0 Å². The Labute approximate surface area is 65.8 Å². The van der Waals surface area contributed by atoms with Crippen molar-refractivity contribution in [2.75, 3.05) is 14.1 Å². The van der Waals surface area contributed by atoms with Gasteiger partial charge in [0, 0.05) is 14.1 Å². The molecule has 0 aromatic carbocycles. The molecule has 10 heavy (non-hydrogen) atoms. The van der Waals surface area contributed by atoms with Crippen LogP contribution in [-0.4, -0.2) is 25.3 Å². The SMILES string of the molecule is CN(C)/C(Cl)=C/C=C/C=O. The maximum atomic E-state index is 9.78. The summed E-state index contributed by atoms with van der Waals surface area (Å²) in [5.74, 6) is 0. The van der Waals surface area contributed by atoms with Gasteiger partial charge in [-0.2, -0.15) is 0 Å². The molecule has 2 nitrogen and oxygen atoms in total. The van der Waals surface area contributed by atoms with Crippen LogP contribution >= 0.6 is 11.6 Å². The van der Waals surface area contributed by atoms with E-state index in [-0.39, 0.29) is 0 Å². The summed E-state index contributed by atoms with van der Waals surface area (Å²) in [5.41, 5.74) is 0. The van der Waals surface area contributed by atoms with Gasteiger partial charge in [0.1, 0.15) is 11.4 Å². The second kappa shape index (κ2) is 5.06. The van der Waals surface area contributed by atoms with Crippen molar-refractivity contribution < 1.29 is 4.79 Å². The van der Waals surface area contributed by atoms with Crippen molar-refractivity contribution in [1.82, 2.24) is 4.90 Å². The van der Waals surface area contributed by atoms with Gasteiger partial charge in [0.15, 0.2) is 0 Å². The molecule has 0 spiro atoms. The molecule has 3 heteroatoms. The second-order valence-electron chi connectivity index (χ2n) is 1.90. The third-order valence-corrected chi connectivity index (χ3v) is 1.31.